The summed E-state index contributed by atoms with van der Waals surface area (Å²) in [5.74, 6) is 0.447. The molecule has 2 aromatic rings. The normalized spacial score (nSPS) is 13.0. The van der Waals surface area contributed by atoms with Gasteiger partial charge in [0.2, 0.25) is 0 Å². The third-order valence-corrected chi connectivity index (χ3v) is 4.11. The molecule has 0 spiro atoms. The fraction of sp³-hybridized carbons (Fsp3) is 0.263. The van der Waals surface area contributed by atoms with Gasteiger partial charge in [-0.05, 0) is 36.2 Å². The number of halogens is 1. The lowest BCUT2D eigenvalue weighted by Crippen LogP contribution is -2.18. The van der Waals surface area contributed by atoms with Crippen LogP contribution in [-0.2, 0) is 6.42 Å². The van der Waals surface area contributed by atoms with Crippen molar-refractivity contribution in [2.24, 2.45) is 4.99 Å². The molecule has 0 aliphatic carbocycles. The van der Waals surface area contributed by atoms with Crippen molar-refractivity contribution in [1.29, 1.82) is 0 Å². The van der Waals surface area contributed by atoms with Crippen LogP contribution in [0.15, 0.2) is 41.4 Å². The molecule has 0 amide bonds. The van der Waals surface area contributed by atoms with Gasteiger partial charge in [-0.1, -0.05) is 12.1 Å². The Balaban J connectivity index is 1.93. The van der Waals surface area contributed by atoms with Crippen LogP contribution in [-0.4, -0.2) is 32.3 Å². The van der Waals surface area contributed by atoms with Crippen molar-refractivity contribution >= 4 is 11.5 Å². The van der Waals surface area contributed by atoms with Crippen LogP contribution in [0.5, 0.6) is 11.5 Å². The Morgan fingerprint density at radius 1 is 1.17 bits per heavy atom. The van der Waals surface area contributed by atoms with E-state index in [9.17, 15) is 9.18 Å². The zero-order chi connectivity index (χ0) is 17.1. The zero-order valence-corrected chi connectivity index (χ0v) is 13.6. The molecule has 0 unspecified atom stereocenters. The number of methoxy groups -OCH3 is 2. The number of ketones is 1. The quantitative estimate of drug-likeness (QED) is 0.790. The smallest absolute Gasteiger partial charge is 0.171 e. The topological polar surface area (TPSA) is 47.9 Å². The lowest BCUT2D eigenvalue weighted by Gasteiger charge is -2.19. The number of aliphatic imine (C=N–C) groups is 1. The van der Waals surface area contributed by atoms with E-state index >= 15 is 0 Å². The summed E-state index contributed by atoms with van der Waals surface area (Å²) in [6.07, 6.45) is 0.830. The second-order valence-electron chi connectivity index (χ2n) is 5.52. The zero-order valence-electron chi connectivity index (χ0n) is 13.6. The molecule has 0 saturated carbocycles. The van der Waals surface area contributed by atoms with Crippen LogP contribution in [0.25, 0.3) is 0 Å². The summed E-state index contributed by atoms with van der Waals surface area (Å²) in [7, 11) is 3.15. The van der Waals surface area contributed by atoms with Gasteiger partial charge >= 0.3 is 0 Å². The molecule has 5 heteroatoms. The van der Waals surface area contributed by atoms with Crippen LogP contribution in [0.1, 0.15) is 27.9 Å². The molecule has 0 radical (unpaired) electrons. The molecule has 2 aromatic carbocycles. The SMILES string of the molecule is COc1cc2c(cc1OC)C(CC(=O)c1ccccc1F)=NCC2. The van der Waals surface area contributed by atoms with E-state index in [0.717, 1.165) is 17.5 Å². The minimum Gasteiger partial charge on any atom is -0.493 e. The average Bonchev–Trinajstić information content (AvgIpc) is 2.61. The Bertz CT molecular complexity index is 814. The fourth-order valence-corrected chi connectivity index (χ4v) is 2.88. The summed E-state index contributed by atoms with van der Waals surface area (Å²) in [6.45, 7) is 0.600. The molecule has 0 aromatic heterocycles. The summed E-state index contributed by atoms with van der Waals surface area (Å²) in [4.78, 5) is 16.9. The van der Waals surface area contributed by atoms with E-state index in [1.54, 1.807) is 26.4 Å². The molecular formula is C19H18FNO3. The lowest BCUT2D eigenvalue weighted by molar-refractivity contribution is 0.0997. The minimum atomic E-state index is -0.508. The van der Waals surface area contributed by atoms with Gasteiger partial charge in [0.15, 0.2) is 17.3 Å². The van der Waals surface area contributed by atoms with Crippen LogP contribution in [0.3, 0.4) is 0 Å². The van der Waals surface area contributed by atoms with Gasteiger partial charge in [-0.3, -0.25) is 9.79 Å². The van der Waals surface area contributed by atoms with Gasteiger partial charge in [0.25, 0.3) is 0 Å². The number of ether oxygens (including phenoxy) is 2. The van der Waals surface area contributed by atoms with Gasteiger partial charge in [-0.2, -0.15) is 0 Å². The highest BCUT2D eigenvalue weighted by Crippen LogP contribution is 2.33. The van der Waals surface area contributed by atoms with Crippen molar-refractivity contribution in [2.75, 3.05) is 20.8 Å². The maximum atomic E-state index is 13.8. The minimum absolute atomic E-state index is 0.0589. The average molecular weight is 327 g/mol. The standard InChI is InChI=1S/C19H18FNO3/c1-23-18-9-12-7-8-21-16(14(12)10-19(18)24-2)11-17(22)13-5-3-4-6-15(13)20/h3-6,9-10H,7-8,11H2,1-2H3. The number of carbonyl (C=O) groups is 1. The molecule has 4 nitrogen and oxygen atoms in total. The Labute approximate surface area is 139 Å². The summed E-state index contributed by atoms with van der Waals surface area (Å²) < 4.78 is 24.5. The molecule has 0 N–H and O–H groups in total. The van der Waals surface area contributed by atoms with Crippen LogP contribution in [0.4, 0.5) is 4.39 Å². The molecule has 0 fully saturated rings. The first-order valence-electron chi connectivity index (χ1n) is 7.70. The Kier molecular flexibility index (Phi) is 4.60. The second kappa shape index (κ2) is 6.83. The first-order valence-corrected chi connectivity index (χ1v) is 7.70. The van der Waals surface area contributed by atoms with Crippen LogP contribution in [0, 0.1) is 5.82 Å². The highest BCUT2D eigenvalue weighted by Gasteiger charge is 2.22. The van der Waals surface area contributed by atoms with Gasteiger partial charge in [0.1, 0.15) is 5.82 Å². The largest absolute Gasteiger partial charge is 0.493 e. The van der Waals surface area contributed by atoms with Crippen molar-refractivity contribution < 1.29 is 18.7 Å². The Morgan fingerprint density at radius 3 is 2.58 bits per heavy atom. The number of nitrogens with zero attached hydrogens (tertiary/aromatic N) is 1. The summed E-state index contributed by atoms with van der Waals surface area (Å²) in [6, 6.07) is 9.75. The molecular weight excluding hydrogens is 309 g/mol. The highest BCUT2D eigenvalue weighted by molar-refractivity contribution is 6.16. The van der Waals surface area contributed by atoms with Crippen LogP contribution >= 0.6 is 0 Å². The Morgan fingerprint density at radius 2 is 1.88 bits per heavy atom. The fourth-order valence-electron chi connectivity index (χ4n) is 2.88. The monoisotopic (exact) mass is 327 g/mol. The number of Topliss-reactive ketones (excluding diaryl/α,β-unsaturated/α-hetero) is 1. The molecule has 24 heavy (non-hydrogen) atoms. The number of carbonyl (C=O) groups excluding carboxylic acids is 1. The molecule has 3 rings (SSSR count). The van der Waals surface area contributed by atoms with E-state index in [-0.39, 0.29) is 17.8 Å². The molecule has 1 heterocycles. The molecule has 0 bridgehead atoms. The van der Waals surface area contributed by atoms with E-state index in [1.807, 2.05) is 12.1 Å². The second-order valence-corrected chi connectivity index (χ2v) is 5.52. The number of hydrogen-bond acceptors (Lipinski definition) is 4. The predicted octanol–water partition coefficient (Wildman–Crippen LogP) is 3.46. The van der Waals surface area contributed by atoms with E-state index in [2.05, 4.69) is 4.99 Å². The maximum absolute atomic E-state index is 13.8. The third kappa shape index (κ3) is 3.02. The van der Waals surface area contributed by atoms with Crippen molar-refractivity contribution in [3.05, 3.63) is 58.9 Å². The summed E-state index contributed by atoms with van der Waals surface area (Å²) in [5.41, 5.74) is 2.67. The number of fused-ring (bicyclic) bond motifs is 1. The first kappa shape index (κ1) is 16.2. The van der Waals surface area contributed by atoms with Gasteiger partial charge < -0.3 is 9.47 Å². The molecule has 124 valence electrons. The molecule has 0 atom stereocenters. The maximum Gasteiger partial charge on any atom is 0.171 e. The molecule has 1 aliphatic heterocycles. The Hall–Kier alpha value is -2.69. The van der Waals surface area contributed by atoms with Gasteiger partial charge in [0, 0.05) is 12.1 Å². The van der Waals surface area contributed by atoms with Crippen molar-refractivity contribution in [3.63, 3.8) is 0 Å². The summed E-state index contributed by atoms with van der Waals surface area (Å²) >= 11 is 0. The predicted molar refractivity (Wildman–Crippen MR) is 90.0 cm³/mol. The van der Waals surface area contributed by atoms with Crippen molar-refractivity contribution in [2.45, 2.75) is 12.8 Å². The van der Waals surface area contributed by atoms with E-state index < -0.39 is 5.82 Å². The van der Waals surface area contributed by atoms with E-state index in [4.69, 9.17) is 9.47 Å². The van der Waals surface area contributed by atoms with Crippen molar-refractivity contribution in [1.82, 2.24) is 0 Å². The van der Waals surface area contributed by atoms with Gasteiger partial charge in [-0.25, -0.2) is 4.39 Å². The van der Waals surface area contributed by atoms with Crippen molar-refractivity contribution in [3.8, 4) is 11.5 Å². The number of benzene rings is 2. The first-order chi connectivity index (χ1) is 11.6. The molecule has 1 aliphatic rings. The number of rotatable bonds is 5. The van der Waals surface area contributed by atoms with Crippen LogP contribution in [0.2, 0.25) is 0 Å². The molecule has 0 saturated heterocycles. The van der Waals surface area contributed by atoms with Crippen LogP contribution < -0.4 is 9.47 Å². The van der Waals surface area contributed by atoms with Gasteiger partial charge in [-0.15, -0.1) is 0 Å². The van der Waals surface area contributed by atoms with E-state index in [1.165, 1.54) is 12.1 Å². The third-order valence-electron chi connectivity index (χ3n) is 4.11. The van der Waals surface area contributed by atoms with Gasteiger partial charge in [0.05, 0.1) is 31.9 Å². The number of hydrogen-bond donors (Lipinski definition) is 0. The highest BCUT2D eigenvalue weighted by atomic mass is 19.1. The van der Waals surface area contributed by atoms with E-state index in [0.29, 0.717) is 23.8 Å². The summed E-state index contributed by atoms with van der Waals surface area (Å²) in [5, 5.41) is 0. The lowest BCUT2D eigenvalue weighted by atomic mass is 9.92.